The van der Waals surface area contributed by atoms with Gasteiger partial charge in [-0.25, -0.2) is 4.98 Å². The quantitative estimate of drug-likeness (QED) is 0.342. The largest absolute Gasteiger partial charge is 0.320 e. The van der Waals surface area contributed by atoms with Crippen LogP contribution in [0.2, 0.25) is 0 Å². The maximum absolute atomic E-state index is 10.9. The monoisotopic (exact) mass is 510 g/mol. The molecular formula is C16H9Br3N4O. The number of hydrogen-bond donors (Lipinski definition) is 1. The maximum Gasteiger partial charge on any atom is 0.248 e. The van der Waals surface area contributed by atoms with E-state index in [1.165, 1.54) is 6.07 Å². The predicted octanol–water partition coefficient (Wildman–Crippen LogP) is 4.84. The molecule has 0 aliphatic heterocycles. The SMILES string of the molecule is Brc1ccc2nccc(Br)c2n1.O=c1ccc2nccc(Br)c2[nH]1. The molecule has 0 spiro atoms. The normalized spacial score (nSPS) is 10.5. The minimum Gasteiger partial charge on any atom is -0.320 e. The first-order chi connectivity index (χ1) is 11.5. The van der Waals surface area contributed by atoms with Crippen LogP contribution in [-0.4, -0.2) is 19.9 Å². The molecule has 0 aromatic carbocycles. The van der Waals surface area contributed by atoms with E-state index in [2.05, 4.69) is 67.7 Å². The first-order valence-electron chi connectivity index (χ1n) is 6.75. The van der Waals surface area contributed by atoms with Gasteiger partial charge in [-0.3, -0.25) is 14.8 Å². The highest BCUT2D eigenvalue weighted by Gasteiger charge is 2.00. The first-order valence-corrected chi connectivity index (χ1v) is 9.13. The zero-order valence-corrected chi connectivity index (χ0v) is 16.8. The number of pyridine rings is 4. The summed E-state index contributed by atoms with van der Waals surface area (Å²) in [5.74, 6) is 0. The average Bonchev–Trinajstić information content (AvgIpc) is 2.57. The number of fused-ring (bicyclic) bond motifs is 2. The lowest BCUT2D eigenvalue weighted by molar-refractivity contribution is 1.26. The molecule has 1 N–H and O–H groups in total. The number of hydrogen-bond acceptors (Lipinski definition) is 4. The molecule has 120 valence electrons. The van der Waals surface area contributed by atoms with Gasteiger partial charge in [0.25, 0.3) is 0 Å². The van der Waals surface area contributed by atoms with Crippen molar-refractivity contribution in [3.05, 3.63) is 72.7 Å². The number of rotatable bonds is 0. The molecule has 0 unspecified atom stereocenters. The summed E-state index contributed by atoms with van der Waals surface area (Å²) < 4.78 is 2.64. The highest BCUT2D eigenvalue weighted by atomic mass is 79.9. The molecule has 8 heteroatoms. The van der Waals surface area contributed by atoms with E-state index in [1.807, 2.05) is 18.2 Å². The molecular weight excluding hydrogens is 504 g/mol. The molecule has 0 radical (unpaired) electrons. The maximum atomic E-state index is 10.9. The van der Waals surface area contributed by atoms with Gasteiger partial charge in [0.2, 0.25) is 5.56 Å². The molecule has 0 aliphatic carbocycles. The van der Waals surface area contributed by atoms with Crippen molar-refractivity contribution in [3.8, 4) is 0 Å². The Bertz CT molecular complexity index is 1080. The summed E-state index contributed by atoms with van der Waals surface area (Å²) in [6.07, 6.45) is 3.44. The van der Waals surface area contributed by atoms with Crippen molar-refractivity contribution >= 4 is 69.9 Å². The summed E-state index contributed by atoms with van der Waals surface area (Å²) in [5.41, 5.74) is 3.18. The highest BCUT2D eigenvalue weighted by molar-refractivity contribution is 9.11. The third kappa shape index (κ3) is 3.88. The Morgan fingerprint density at radius 1 is 0.792 bits per heavy atom. The van der Waals surface area contributed by atoms with Crippen molar-refractivity contribution in [1.29, 1.82) is 0 Å². The Morgan fingerprint density at radius 2 is 1.46 bits per heavy atom. The number of nitrogens with one attached hydrogen (secondary N) is 1. The van der Waals surface area contributed by atoms with Crippen molar-refractivity contribution in [1.82, 2.24) is 19.9 Å². The van der Waals surface area contributed by atoms with Crippen molar-refractivity contribution in [2.24, 2.45) is 0 Å². The van der Waals surface area contributed by atoms with Gasteiger partial charge < -0.3 is 4.98 Å². The van der Waals surface area contributed by atoms with Gasteiger partial charge in [0.05, 0.1) is 16.6 Å². The van der Waals surface area contributed by atoms with Crippen LogP contribution in [0.25, 0.3) is 22.1 Å². The van der Waals surface area contributed by atoms with Crippen LogP contribution in [0.4, 0.5) is 0 Å². The zero-order chi connectivity index (χ0) is 17.1. The van der Waals surface area contributed by atoms with Crippen molar-refractivity contribution < 1.29 is 0 Å². The number of nitrogens with zero attached hydrogens (tertiary/aromatic N) is 3. The summed E-state index contributed by atoms with van der Waals surface area (Å²) in [5, 5.41) is 0. The summed E-state index contributed by atoms with van der Waals surface area (Å²) in [6, 6.07) is 10.6. The van der Waals surface area contributed by atoms with E-state index in [0.717, 1.165) is 35.6 Å². The van der Waals surface area contributed by atoms with Gasteiger partial charge in [-0.2, -0.15) is 0 Å². The zero-order valence-electron chi connectivity index (χ0n) is 12.0. The van der Waals surface area contributed by atoms with Gasteiger partial charge in [-0.05, 0) is 78.1 Å². The van der Waals surface area contributed by atoms with Crippen molar-refractivity contribution in [2.75, 3.05) is 0 Å². The Kier molecular flexibility index (Phi) is 5.37. The van der Waals surface area contributed by atoms with Crippen LogP contribution < -0.4 is 5.56 Å². The van der Waals surface area contributed by atoms with E-state index >= 15 is 0 Å². The molecule has 4 aromatic rings. The van der Waals surface area contributed by atoms with Gasteiger partial charge in [-0.15, -0.1) is 0 Å². The molecule has 4 rings (SSSR count). The fourth-order valence-corrected chi connectivity index (χ4v) is 3.13. The van der Waals surface area contributed by atoms with Crippen LogP contribution in [0.1, 0.15) is 0 Å². The molecule has 0 aliphatic rings. The smallest absolute Gasteiger partial charge is 0.248 e. The van der Waals surface area contributed by atoms with E-state index in [0.29, 0.717) is 0 Å². The number of H-pyrrole nitrogens is 1. The molecule has 0 fully saturated rings. The second-order valence-corrected chi connectivity index (χ2v) is 7.19. The van der Waals surface area contributed by atoms with Crippen LogP contribution in [-0.2, 0) is 0 Å². The highest BCUT2D eigenvalue weighted by Crippen LogP contribution is 2.21. The van der Waals surface area contributed by atoms with E-state index in [9.17, 15) is 4.79 Å². The lowest BCUT2D eigenvalue weighted by Crippen LogP contribution is -2.03. The van der Waals surface area contributed by atoms with Gasteiger partial charge in [0.15, 0.2) is 0 Å². The average molecular weight is 513 g/mol. The molecule has 4 aromatic heterocycles. The topological polar surface area (TPSA) is 71.5 Å². The van der Waals surface area contributed by atoms with Crippen molar-refractivity contribution in [3.63, 3.8) is 0 Å². The molecule has 0 atom stereocenters. The first kappa shape index (κ1) is 17.2. The molecule has 0 bridgehead atoms. The van der Waals surface area contributed by atoms with E-state index in [1.54, 1.807) is 24.5 Å². The molecule has 24 heavy (non-hydrogen) atoms. The van der Waals surface area contributed by atoms with Gasteiger partial charge >= 0.3 is 0 Å². The number of aromatic amines is 1. The van der Waals surface area contributed by atoms with Crippen LogP contribution in [0.5, 0.6) is 0 Å². The van der Waals surface area contributed by atoms with Crippen molar-refractivity contribution in [2.45, 2.75) is 0 Å². The molecule has 5 nitrogen and oxygen atoms in total. The summed E-state index contributed by atoms with van der Waals surface area (Å²) in [4.78, 5) is 26.2. The minimum atomic E-state index is -0.115. The third-order valence-electron chi connectivity index (χ3n) is 3.07. The van der Waals surface area contributed by atoms with Crippen LogP contribution >= 0.6 is 47.8 Å². The Hall–Kier alpha value is -1.64. The number of halogens is 3. The van der Waals surface area contributed by atoms with Crippen LogP contribution in [0.15, 0.2) is 67.1 Å². The minimum absolute atomic E-state index is 0.115. The fourth-order valence-electron chi connectivity index (χ4n) is 1.99. The van der Waals surface area contributed by atoms with Crippen LogP contribution in [0, 0.1) is 0 Å². The predicted molar refractivity (Wildman–Crippen MR) is 105 cm³/mol. The van der Waals surface area contributed by atoms with Gasteiger partial charge in [-0.1, -0.05) is 0 Å². The molecule has 4 heterocycles. The number of aromatic nitrogens is 4. The molecule has 0 saturated heterocycles. The standard InChI is InChI=1S/C8H4Br2N2.C8H5BrN2O/c9-5-3-4-11-6-1-2-7(10)12-8(5)6;9-5-3-4-10-6-1-2-7(12)11-8(5)6/h1-4H;1-4H,(H,11,12). The van der Waals surface area contributed by atoms with E-state index < -0.39 is 0 Å². The Balaban J connectivity index is 0.000000141. The molecule has 0 amide bonds. The fraction of sp³-hybridized carbons (Fsp3) is 0. The molecule has 0 saturated carbocycles. The van der Waals surface area contributed by atoms with Gasteiger partial charge in [0, 0.05) is 27.4 Å². The lowest BCUT2D eigenvalue weighted by Gasteiger charge is -1.97. The van der Waals surface area contributed by atoms with Crippen LogP contribution in [0.3, 0.4) is 0 Å². The van der Waals surface area contributed by atoms with E-state index in [-0.39, 0.29) is 5.56 Å². The lowest BCUT2D eigenvalue weighted by atomic mass is 10.3. The summed E-state index contributed by atoms with van der Waals surface area (Å²) in [7, 11) is 0. The third-order valence-corrected chi connectivity index (χ3v) is 4.81. The second kappa shape index (κ2) is 7.50. The van der Waals surface area contributed by atoms with Gasteiger partial charge in [0.1, 0.15) is 10.1 Å². The van der Waals surface area contributed by atoms with E-state index in [4.69, 9.17) is 0 Å². The Labute approximate surface area is 162 Å². The Morgan fingerprint density at radius 3 is 2.25 bits per heavy atom. The second-order valence-electron chi connectivity index (χ2n) is 4.67. The summed E-state index contributed by atoms with van der Waals surface area (Å²) >= 11 is 10.0. The summed E-state index contributed by atoms with van der Waals surface area (Å²) in [6.45, 7) is 0.